The number of halogens is 1. The molecular formula is C7H17ClN2O2S. The molecule has 13 heavy (non-hydrogen) atoms. The third kappa shape index (κ3) is 4.81. The van der Waals surface area contributed by atoms with Gasteiger partial charge in [0.1, 0.15) is 0 Å². The summed E-state index contributed by atoms with van der Waals surface area (Å²) in [6.45, 7) is 3.48. The molecule has 1 saturated heterocycles. The van der Waals surface area contributed by atoms with E-state index in [0.29, 0.717) is 0 Å². The highest BCUT2D eigenvalue weighted by molar-refractivity contribution is 7.89. The predicted octanol–water partition coefficient (Wildman–Crippen LogP) is 0.0995. The normalized spacial score (nSPS) is 19.5. The molecule has 0 unspecified atom stereocenters. The molecule has 1 aliphatic rings. The van der Waals surface area contributed by atoms with E-state index in [0.717, 1.165) is 25.9 Å². The van der Waals surface area contributed by atoms with Crippen LogP contribution in [0.1, 0.15) is 19.8 Å². The summed E-state index contributed by atoms with van der Waals surface area (Å²) in [5.41, 5.74) is 0. The van der Waals surface area contributed by atoms with Crippen molar-refractivity contribution in [1.29, 1.82) is 0 Å². The van der Waals surface area contributed by atoms with Crippen LogP contribution >= 0.6 is 12.4 Å². The van der Waals surface area contributed by atoms with Crippen molar-refractivity contribution in [2.45, 2.75) is 25.8 Å². The van der Waals surface area contributed by atoms with Crippen LogP contribution in [-0.4, -0.2) is 33.3 Å². The standard InChI is InChI=1S/C7H16N2O2S.ClH/c1-2-12(10,11)9-7-3-5-8-6-4-7;/h7-9H,2-6H2,1H3;1H. The van der Waals surface area contributed by atoms with Crippen LogP contribution in [0.2, 0.25) is 0 Å². The van der Waals surface area contributed by atoms with Crippen LogP contribution in [0.4, 0.5) is 0 Å². The molecule has 1 rings (SSSR count). The first-order valence-corrected chi connectivity index (χ1v) is 6.00. The first-order chi connectivity index (χ1) is 5.64. The van der Waals surface area contributed by atoms with Crippen molar-refractivity contribution < 1.29 is 8.42 Å². The molecule has 0 aliphatic carbocycles. The largest absolute Gasteiger partial charge is 0.317 e. The fourth-order valence-electron chi connectivity index (χ4n) is 1.28. The van der Waals surface area contributed by atoms with E-state index in [1.165, 1.54) is 0 Å². The highest BCUT2D eigenvalue weighted by atomic mass is 35.5. The van der Waals surface area contributed by atoms with Gasteiger partial charge in [-0.3, -0.25) is 0 Å². The molecular weight excluding hydrogens is 212 g/mol. The van der Waals surface area contributed by atoms with Gasteiger partial charge in [0.2, 0.25) is 10.0 Å². The second-order valence-electron chi connectivity index (χ2n) is 3.05. The van der Waals surface area contributed by atoms with Crippen LogP contribution in [0.3, 0.4) is 0 Å². The van der Waals surface area contributed by atoms with E-state index in [2.05, 4.69) is 10.0 Å². The van der Waals surface area contributed by atoms with Crippen molar-refractivity contribution in [3.05, 3.63) is 0 Å². The SMILES string of the molecule is CCS(=O)(=O)NC1CCNCC1.Cl. The third-order valence-corrected chi connectivity index (χ3v) is 3.52. The molecule has 80 valence electrons. The fraction of sp³-hybridized carbons (Fsp3) is 1.00. The molecule has 0 aromatic heterocycles. The Morgan fingerprint density at radius 1 is 1.38 bits per heavy atom. The Labute approximate surface area is 85.9 Å². The van der Waals surface area contributed by atoms with Crippen molar-refractivity contribution in [2.75, 3.05) is 18.8 Å². The van der Waals surface area contributed by atoms with Crippen molar-refractivity contribution in [3.8, 4) is 0 Å². The Hall–Kier alpha value is 0.160. The van der Waals surface area contributed by atoms with Crippen LogP contribution in [0.5, 0.6) is 0 Å². The van der Waals surface area contributed by atoms with Gasteiger partial charge in [0.05, 0.1) is 5.75 Å². The van der Waals surface area contributed by atoms with E-state index in [4.69, 9.17) is 0 Å². The van der Waals surface area contributed by atoms with Crippen LogP contribution in [-0.2, 0) is 10.0 Å². The Morgan fingerprint density at radius 3 is 2.38 bits per heavy atom. The topological polar surface area (TPSA) is 58.2 Å². The van der Waals surface area contributed by atoms with Crippen LogP contribution < -0.4 is 10.0 Å². The molecule has 1 heterocycles. The van der Waals surface area contributed by atoms with E-state index in [9.17, 15) is 8.42 Å². The van der Waals surface area contributed by atoms with E-state index in [-0.39, 0.29) is 24.2 Å². The number of hydrogen-bond donors (Lipinski definition) is 2. The summed E-state index contributed by atoms with van der Waals surface area (Å²) in [4.78, 5) is 0. The molecule has 1 aliphatic heterocycles. The van der Waals surface area contributed by atoms with Crippen molar-refractivity contribution in [3.63, 3.8) is 0 Å². The second-order valence-corrected chi connectivity index (χ2v) is 5.09. The molecule has 0 saturated carbocycles. The van der Waals surface area contributed by atoms with Gasteiger partial charge < -0.3 is 5.32 Å². The van der Waals surface area contributed by atoms with Crippen molar-refractivity contribution in [1.82, 2.24) is 10.0 Å². The Morgan fingerprint density at radius 2 is 1.92 bits per heavy atom. The highest BCUT2D eigenvalue weighted by Gasteiger charge is 2.17. The quantitative estimate of drug-likeness (QED) is 0.721. The summed E-state index contributed by atoms with van der Waals surface area (Å²) in [6, 6.07) is 0.149. The molecule has 0 aromatic carbocycles. The number of piperidine rings is 1. The zero-order chi connectivity index (χ0) is 9.03. The molecule has 0 bridgehead atoms. The number of hydrogen-bond acceptors (Lipinski definition) is 3. The zero-order valence-electron chi connectivity index (χ0n) is 7.75. The van der Waals surface area contributed by atoms with Crippen LogP contribution in [0.25, 0.3) is 0 Å². The van der Waals surface area contributed by atoms with Gasteiger partial charge in [0, 0.05) is 6.04 Å². The lowest BCUT2D eigenvalue weighted by molar-refractivity contribution is 0.427. The zero-order valence-corrected chi connectivity index (χ0v) is 9.38. The Kier molecular flexibility index (Phi) is 5.87. The van der Waals surface area contributed by atoms with Gasteiger partial charge >= 0.3 is 0 Å². The fourth-order valence-corrected chi connectivity index (χ4v) is 2.19. The smallest absolute Gasteiger partial charge is 0.211 e. The summed E-state index contributed by atoms with van der Waals surface area (Å²) >= 11 is 0. The summed E-state index contributed by atoms with van der Waals surface area (Å²) in [5.74, 6) is 0.178. The minimum absolute atomic E-state index is 0. The van der Waals surface area contributed by atoms with Gasteiger partial charge in [0.25, 0.3) is 0 Å². The maximum atomic E-state index is 11.1. The highest BCUT2D eigenvalue weighted by Crippen LogP contribution is 2.03. The first kappa shape index (κ1) is 13.2. The molecule has 6 heteroatoms. The molecule has 0 atom stereocenters. The molecule has 1 fully saturated rings. The maximum absolute atomic E-state index is 11.1. The van der Waals surface area contributed by atoms with Gasteiger partial charge in [-0.25, -0.2) is 13.1 Å². The van der Waals surface area contributed by atoms with Crippen LogP contribution in [0.15, 0.2) is 0 Å². The molecule has 0 spiro atoms. The molecule has 0 aromatic rings. The van der Waals surface area contributed by atoms with Crippen molar-refractivity contribution >= 4 is 22.4 Å². The number of rotatable bonds is 3. The number of nitrogens with one attached hydrogen (secondary N) is 2. The average molecular weight is 229 g/mol. The third-order valence-electron chi connectivity index (χ3n) is 2.07. The predicted molar refractivity (Wildman–Crippen MR) is 55.7 cm³/mol. The molecule has 0 amide bonds. The maximum Gasteiger partial charge on any atom is 0.211 e. The lowest BCUT2D eigenvalue weighted by Crippen LogP contribution is -2.43. The number of sulfonamides is 1. The molecule has 4 nitrogen and oxygen atoms in total. The first-order valence-electron chi connectivity index (χ1n) is 4.35. The minimum atomic E-state index is -3.00. The monoisotopic (exact) mass is 228 g/mol. The summed E-state index contributed by atoms with van der Waals surface area (Å²) < 4.78 is 24.9. The van der Waals surface area contributed by atoms with Gasteiger partial charge in [0.15, 0.2) is 0 Å². The van der Waals surface area contributed by atoms with Gasteiger partial charge in [-0.1, -0.05) is 0 Å². The van der Waals surface area contributed by atoms with E-state index >= 15 is 0 Å². The Bertz CT molecular complexity index is 225. The van der Waals surface area contributed by atoms with Gasteiger partial charge in [-0.2, -0.15) is 0 Å². The van der Waals surface area contributed by atoms with Gasteiger partial charge in [-0.15, -0.1) is 12.4 Å². The van der Waals surface area contributed by atoms with Crippen LogP contribution in [0, 0.1) is 0 Å². The van der Waals surface area contributed by atoms with Gasteiger partial charge in [-0.05, 0) is 32.9 Å². The summed E-state index contributed by atoms with van der Waals surface area (Å²) in [6.07, 6.45) is 1.80. The lowest BCUT2D eigenvalue weighted by atomic mass is 10.1. The van der Waals surface area contributed by atoms with E-state index < -0.39 is 10.0 Å². The average Bonchev–Trinajstić information content (AvgIpc) is 2.06. The van der Waals surface area contributed by atoms with Crippen molar-refractivity contribution in [2.24, 2.45) is 0 Å². The second kappa shape index (κ2) is 5.80. The minimum Gasteiger partial charge on any atom is -0.317 e. The lowest BCUT2D eigenvalue weighted by Gasteiger charge is -2.23. The summed E-state index contributed by atoms with van der Waals surface area (Å²) in [7, 11) is -3.00. The molecule has 2 N–H and O–H groups in total. The molecule has 0 radical (unpaired) electrons. The summed E-state index contributed by atoms with van der Waals surface area (Å²) in [5, 5.41) is 3.18. The Balaban J connectivity index is 0.00000144. The van der Waals surface area contributed by atoms with E-state index in [1.807, 2.05) is 0 Å². The van der Waals surface area contributed by atoms with E-state index in [1.54, 1.807) is 6.92 Å².